The van der Waals surface area contributed by atoms with Crippen LogP contribution in [-0.4, -0.2) is 33.7 Å². The molecule has 154 valence electrons. The molecule has 1 saturated heterocycles. The van der Waals surface area contributed by atoms with Crippen molar-refractivity contribution in [3.8, 4) is 11.3 Å². The van der Waals surface area contributed by atoms with Crippen molar-refractivity contribution in [1.29, 1.82) is 0 Å². The van der Waals surface area contributed by atoms with Gasteiger partial charge in [0.2, 0.25) is 0 Å². The highest BCUT2D eigenvalue weighted by atomic mass is 16.8. The second kappa shape index (κ2) is 7.24. The van der Waals surface area contributed by atoms with Gasteiger partial charge >= 0.3 is 0 Å². The number of nitrogens with one attached hydrogen (secondary N) is 1. The minimum atomic E-state index is -1.01. The molecule has 0 radical (unpaired) electrons. The van der Waals surface area contributed by atoms with Crippen LogP contribution in [0.4, 0.5) is 5.69 Å². The lowest BCUT2D eigenvalue weighted by atomic mass is 9.83. The van der Waals surface area contributed by atoms with Gasteiger partial charge in [-0.05, 0) is 30.5 Å². The summed E-state index contributed by atoms with van der Waals surface area (Å²) in [6, 6.07) is 15.1. The number of piperidine rings is 1. The Morgan fingerprint density at radius 1 is 1.10 bits per heavy atom. The number of carbonyl (C=O) groups is 1. The Morgan fingerprint density at radius 3 is 2.77 bits per heavy atom. The lowest BCUT2D eigenvalue weighted by Gasteiger charge is -2.42. The molecule has 0 saturated carbocycles. The monoisotopic (exact) mass is 407 g/mol. The first-order chi connectivity index (χ1) is 14.5. The number of quaternary nitrogens is 1. The number of nitrogens with zero attached hydrogens (tertiary/aromatic N) is 2. The van der Waals surface area contributed by atoms with Crippen molar-refractivity contribution in [2.24, 2.45) is 5.92 Å². The maximum atomic E-state index is 13.1. The van der Waals surface area contributed by atoms with Crippen LogP contribution in [0, 0.1) is 11.1 Å². The Bertz CT molecular complexity index is 1170. The van der Waals surface area contributed by atoms with Crippen LogP contribution in [0.3, 0.4) is 0 Å². The zero-order valence-electron chi connectivity index (χ0n) is 16.2. The summed E-state index contributed by atoms with van der Waals surface area (Å²) in [6.07, 6.45) is 0.971. The van der Waals surface area contributed by atoms with Gasteiger partial charge in [0.1, 0.15) is 5.76 Å². The molecular weight excluding hydrogens is 386 g/mol. The smallest absolute Gasteiger partial charge is 0.289 e. The van der Waals surface area contributed by atoms with Gasteiger partial charge in [-0.15, -0.1) is 0 Å². The number of likely N-dealkylation sites (tertiary alicyclic amines) is 1. The molecule has 30 heavy (non-hydrogen) atoms. The van der Waals surface area contributed by atoms with Crippen LogP contribution in [0.1, 0.15) is 28.6 Å². The molecule has 0 aliphatic carbocycles. The van der Waals surface area contributed by atoms with Crippen LogP contribution < -0.4 is 10.8 Å². The zero-order valence-corrected chi connectivity index (χ0v) is 16.2. The molecule has 1 unspecified atom stereocenters. The first-order valence-corrected chi connectivity index (χ1v) is 9.92. The standard InChI is InChI=1S/C22H21N3O5/c26-21-6-2-5-18-16-9-14(12-24(18)21)11-23(13-16)22(27)20-8-7-19(30-20)15-3-1-4-17(10-15)25(28)29/h1-8,10,14,16,25,28H,9,11-13H2/t14-,16+/m1/s1. The van der Waals surface area contributed by atoms with Gasteiger partial charge in [0, 0.05) is 55.0 Å². The van der Waals surface area contributed by atoms with E-state index in [9.17, 15) is 20.0 Å². The van der Waals surface area contributed by atoms with E-state index in [1.165, 1.54) is 12.1 Å². The molecule has 0 spiro atoms. The van der Waals surface area contributed by atoms with Crippen LogP contribution in [0.5, 0.6) is 0 Å². The van der Waals surface area contributed by atoms with Crippen molar-refractivity contribution in [2.45, 2.75) is 18.9 Å². The third kappa shape index (κ3) is 3.24. The molecular formula is C22H21N3O5. The van der Waals surface area contributed by atoms with E-state index in [2.05, 4.69) is 0 Å². The first-order valence-electron chi connectivity index (χ1n) is 9.92. The van der Waals surface area contributed by atoms with Crippen molar-refractivity contribution >= 4 is 11.6 Å². The van der Waals surface area contributed by atoms with Crippen molar-refractivity contribution in [2.75, 3.05) is 13.1 Å². The van der Waals surface area contributed by atoms with Gasteiger partial charge in [-0.25, -0.2) is 5.21 Å². The third-order valence-electron chi connectivity index (χ3n) is 5.98. The summed E-state index contributed by atoms with van der Waals surface area (Å²) in [6.45, 7) is 1.75. The summed E-state index contributed by atoms with van der Waals surface area (Å²) >= 11 is 0. The number of fused-ring (bicyclic) bond motifs is 4. The second-order valence-electron chi connectivity index (χ2n) is 7.96. The molecule has 2 bridgehead atoms. The van der Waals surface area contributed by atoms with E-state index in [-0.39, 0.29) is 34.7 Å². The minimum absolute atomic E-state index is 0.0150. The lowest BCUT2D eigenvalue weighted by molar-refractivity contribution is -0.991. The normalized spacial score (nSPS) is 21.2. The van der Waals surface area contributed by atoms with E-state index in [0.717, 1.165) is 12.1 Å². The summed E-state index contributed by atoms with van der Waals surface area (Å²) in [5.74, 6) is 0.878. The number of pyridine rings is 1. The summed E-state index contributed by atoms with van der Waals surface area (Å²) in [5.41, 5.74) is 1.77. The maximum absolute atomic E-state index is 13.1. The average Bonchev–Trinajstić information content (AvgIpc) is 3.24. The van der Waals surface area contributed by atoms with Gasteiger partial charge in [0.25, 0.3) is 11.5 Å². The molecule has 1 fully saturated rings. The number of hydrogen-bond acceptors (Lipinski definition) is 5. The molecule has 4 heterocycles. The molecule has 8 heteroatoms. The highest BCUT2D eigenvalue weighted by Gasteiger charge is 2.37. The summed E-state index contributed by atoms with van der Waals surface area (Å²) in [7, 11) is 0. The quantitative estimate of drug-likeness (QED) is 0.644. The number of benzene rings is 1. The van der Waals surface area contributed by atoms with E-state index < -0.39 is 5.23 Å². The fraction of sp³-hybridized carbons (Fsp3) is 0.273. The van der Waals surface area contributed by atoms with Crippen LogP contribution >= 0.6 is 0 Å². The predicted octanol–water partition coefficient (Wildman–Crippen LogP) is 1.77. The van der Waals surface area contributed by atoms with E-state index in [4.69, 9.17) is 4.42 Å². The van der Waals surface area contributed by atoms with E-state index in [1.54, 1.807) is 41.3 Å². The fourth-order valence-electron chi connectivity index (χ4n) is 4.63. The molecule has 2 aliphatic rings. The SMILES string of the molecule is O=C(c1ccc(-c2cccc([NH+]([O-])O)c2)o1)N1C[C@H]2C[C@@H](C1)c1cccc(=O)n1C2. The van der Waals surface area contributed by atoms with E-state index in [1.807, 2.05) is 10.6 Å². The van der Waals surface area contributed by atoms with Gasteiger partial charge in [0.15, 0.2) is 11.4 Å². The van der Waals surface area contributed by atoms with Crippen LogP contribution in [0.25, 0.3) is 11.3 Å². The van der Waals surface area contributed by atoms with Crippen LogP contribution in [-0.2, 0) is 6.54 Å². The Balaban J connectivity index is 1.38. The van der Waals surface area contributed by atoms with Gasteiger partial charge < -0.3 is 19.1 Å². The molecule has 8 nitrogen and oxygen atoms in total. The molecule has 2 aromatic heterocycles. The third-order valence-corrected chi connectivity index (χ3v) is 5.98. The van der Waals surface area contributed by atoms with Crippen molar-refractivity contribution in [1.82, 2.24) is 9.47 Å². The Morgan fingerprint density at radius 2 is 1.93 bits per heavy atom. The van der Waals surface area contributed by atoms with Gasteiger partial charge in [-0.1, -0.05) is 18.2 Å². The Hall–Kier alpha value is -3.20. The van der Waals surface area contributed by atoms with Gasteiger partial charge in [-0.3, -0.25) is 9.59 Å². The van der Waals surface area contributed by atoms with Crippen molar-refractivity contribution in [3.05, 3.63) is 81.6 Å². The molecule has 1 amide bonds. The minimum Gasteiger partial charge on any atom is -0.595 e. The van der Waals surface area contributed by atoms with E-state index in [0.29, 0.717) is 31.0 Å². The number of rotatable bonds is 3. The molecule has 1 aromatic carbocycles. The zero-order chi connectivity index (χ0) is 20.8. The Kier molecular flexibility index (Phi) is 4.54. The molecule has 5 rings (SSSR count). The lowest BCUT2D eigenvalue weighted by Crippen LogP contribution is -2.99. The number of furan rings is 1. The summed E-state index contributed by atoms with van der Waals surface area (Å²) in [4.78, 5) is 27.1. The highest BCUT2D eigenvalue weighted by Crippen LogP contribution is 2.35. The summed E-state index contributed by atoms with van der Waals surface area (Å²) < 4.78 is 7.63. The highest BCUT2D eigenvalue weighted by molar-refractivity contribution is 5.92. The van der Waals surface area contributed by atoms with E-state index >= 15 is 0 Å². The number of carbonyl (C=O) groups excluding carboxylic acids is 1. The summed E-state index contributed by atoms with van der Waals surface area (Å²) in [5, 5.41) is 19.4. The first kappa shape index (κ1) is 18.8. The topological polar surface area (TPSA) is 103 Å². The predicted molar refractivity (Wildman–Crippen MR) is 107 cm³/mol. The van der Waals surface area contributed by atoms with Crippen LogP contribution in [0.15, 0.2) is 63.8 Å². The molecule has 3 aromatic rings. The number of amides is 1. The Labute approximate surface area is 172 Å². The molecule has 2 aliphatic heterocycles. The molecule has 2 N–H and O–H groups in total. The average molecular weight is 407 g/mol. The molecule has 3 atom stereocenters. The van der Waals surface area contributed by atoms with Crippen molar-refractivity contribution in [3.63, 3.8) is 0 Å². The van der Waals surface area contributed by atoms with Crippen molar-refractivity contribution < 1.29 is 19.6 Å². The van der Waals surface area contributed by atoms with Gasteiger partial charge in [-0.2, -0.15) is 5.23 Å². The number of hydrogen-bond donors (Lipinski definition) is 2. The number of aromatic nitrogens is 1. The van der Waals surface area contributed by atoms with Gasteiger partial charge in [0.05, 0.1) is 0 Å². The van der Waals surface area contributed by atoms with Crippen LogP contribution in [0.2, 0.25) is 0 Å². The fourth-order valence-corrected chi connectivity index (χ4v) is 4.63. The maximum Gasteiger partial charge on any atom is 0.289 e. The second-order valence-corrected chi connectivity index (χ2v) is 7.96. The largest absolute Gasteiger partial charge is 0.595 e.